The number of benzene rings is 1. The summed E-state index contributed by atoms with van der Waals surface area (Å²) in [6.45, 7) is 6.12. The summed E-state index contributed by atoms with van der Waals surface area (Å²) in [7, 11) is -4.01. The lowest BCUT2D eigenvalue weighted by Gasteiger charge is -2.13. The molecule has 3 aromatic rings. The Kier molecular flexibility index (Phi) is 7.32. The van der Waals surface area contributed by atoms with Crippen LogP contribution < -0.4 is 9.46 Å². The molecule has 0 saturated heterocycles. The quantitative estimate of drug-likeness (QED) is 0.366. The van der Waals surface area contributed by atoms with Crippen molar-refractivity contribution >= 4 is 33.1 Å². The van der Waals surface area contributed by atoms with Crippen molar-refractivity contribution in [3.05, 3.63) is 71.1 Å². The molecule has 2 aromatic heterocycles. The number of aliphatic hydroxyl groups is 1. The van der Waals surface area contributed by atoms with Gasteiger partial charge < -0.3 is 9.47 Å². The van der Waals surface area contributed by atoms with Crippen LogP contribution >= 0.6 is 11.6 Å². The number of hydrogen-bond donors (Lipinski definition) is 1. The van der Waals surface area contributed by atoms with Crippen LogP contribution in [0, 0.1) is 0 Å². The Balaban J connectivity index is 1.89. The standard InChI is InChI=1S/C22H22ClN3O5S/c1-4-30-20-10-5-15(12-24-20)22(27)21-19(11-16(23)13-25-21)26-32(28,29)18-8-6-17(7-9-18)31-14(2)3/h5-14,26H,4H2,1-3H3/p+1. The summed E-state index contributed by atoms with van der Waals surface area (Å²) in [5, 5.41) is 0.176. The van der Waals surface area contributed by atoms with Gasteiger partial charge >= 0.3 is 0 Å². The van der Waals surface area contributed by atoms with Crippen molar-refractivity contribution in [3.63, 3.8) is 0 Å². The molecule has 0 atom stereocenters. The van der Waals surface area contributed by atoms with E-state index in [9.17, 15) is 13.2 Å². The molecule has 2 N–H and O–H groups in total. The number of halogens is 1. The van der Waals surface area contributed by atoms with Gasteiger partial charge in [0.05, 0.1) is 22.2 Å². The van der Waals surface area contributed by atoms with Crippen LogP contribution in [0.5, 0.6) is 11.6 Å². The molecule has 3 rings (SSSR count). The van der Waals surface area contributed by atoms with Crippen LogP contribution in [0.15, 0.2) is 59.8 Å². The minimum atomic E-state index is -4.01. The van der Waals surface area contributed by atoms with Gasteiger partial charge in [-0.15, -0.1) is 0 Å². The first-order valence-electron chi connectivity index (χ1n) is 9.82. The van der Waals surface area contributed by atoms with Crippen molar-refractivity contribution in [1.82, 2.24) is 9.97 Å². The molecule has 0 bridgehead atoms. The number of sulfonamides is 1. The fourth-order valence-corrected chi connectivity index (χ4v) is 4.01. The molecule has 0 unspecified atom stereocenters. The van der Waals surface area contributed by atoms with Crippen LogP contribution in [-0.2, 0) is 10.0 Å². The van der Waals surface area contributed by atoms with Crippen LogP contribution in [0.4, 0.5) is 5.69 Å². The van der Waals surface area contributed by atoms with E-state index >= 15 is 0 Å². The lowest BCUT2D eigenvalue weighted by Crippen LogP contribution is -2.17. The fraction of sp³-hybridized carbons (Fsp3) is 0.227. The maximum Gasteiger partial charge on any atom is 0.261 e. The summed E-state index contributed by atoms with van der Waals surface area (Å²) < 4.78 is 37.9. The number of aromatic nitrogens is 2. The van der Waals surface area contributed by atoms with E-state index in [1.807, 2.05) is 20.8 Å². The van der Waals surface area contributed by atoms with E-state index in [0.29, 0.717) is 18.2 Å². The fourth-order valence-electron chi connectivity index (χ4n) is 2.80. The van der Waals surface area contributed by atoms with E-state index in [2.05, 4.69) is 19.4 Å². The van der Waals surface area contributed by atoms with Gasteiger partial charge in [-0.25, -0.2) is 18.4 Å². The van der Waals surface area contributed by atoms with Gasteiger partial charge in [0.15, 0.2) is 6.10 Å². The van der Waals surface area contributed by atoms with E-state index in [-0.39, 0.29) is 33.0 Å². The van der Waals surface area contributed by atoms with Crippen molar-refractivity contribution in [2.24, 2.45) is 0 Å². The van der Waals surface area contributed by atoms with Crippen molar-refractivity contribution in [1.29, 1.82) is 0 Å². The predicted octanol–water partition coefficient (Wildman–Crippen LogP) is 4.21. The molecule has 1 aromatic carbocycles. The first-order chi connectivity index (χ1) is 15.2. The molecule has 168 valence electrons. The number of anilines is 1. The van der Waals surface area contributed by atoms with Crippen molar-refractivity contribution < 1.29 is 22.7 Å². The van der Waals surface area contributed by atoms with E-state index < -0.39 is 15.8 Å². The number of hydrogen-bond acceptors (Lipinski definition) is 6. The van der Waals surface area contributed by atoms with Gasteiger partial charge in [0, 0.05) is 50.0 Å². The second-order valence-corrected chi connectivity index (χ2v) is 9.14. The molecule has 0 aliphatic rings. The average Bonchev–Trinajstić information content (AvgIpc) is 2.74. The molecule has 2 heterocycles. The molecular formula is C22H23ClN3O5S+. The summed E-state index contributed by atoms with van der Waals surface area (Å²) in [5.74, 6) is 0.532. The monoisotopic (exact) mass is 476 g/mol. The number of ether oxygens (including phenoxy) is 2. The topological polar surface area (TPSA) is 111 Å². The highest BCUT2D eigenvalue weighted by Gasteiger charge is 2.22. The van der Waals surface area contributed by atoms with Gasteiger partial charge in [-0.05, 0) is 31.2 Å². The highest BCUT2D eigenvalue weighted by molar-refractivity contribution is 7.92. The number of nitrogens with one attached hydrogen (secondary N) is 1. The van der Waals surface area contributed by atoms with Crippen LogP contribution in [0.2, 0.25) is 5.02 Å². The number of nitrogens with zero attached hydrogens (tertiary/aromatic N) is 2. The molecular weight excluding hydrogens is 454 g/mol. The molecule has 0 radical (unpaired) electrons. The number of pyridine rings is 2. The van der Waals surface area contributed by atoms with Gasteiger partial charge in [0.25, 0.3) is 15.8 Å². The maximum atomic E-state index is 13.0. The second kappa shape index (κ2) is 9.97. The zero-order chi connectivity index (χ0) is 23.3. The summed E-state index contributed by atoms with van der Waals surface area (Å²) in [5.41, 5.74) is 0.0889. The summed E-state index contributed by atoms with van der Waals surface area (Å²) in [6, 6.07) is 10.5. The number of carbonyl (C=O) groups excluding carboxylic acids is 1. The predicted molar refractivity (Wildman–Crippen MR) is 122 cm³/mol. The SMILES string of the molecule is CCOc1ccc(C(=O)c2ncc(Cl)cc2NS(=O)(=O)c2ccc([OH+]C(C)C)cc2)cn1. The highest BCUT2D eigenvalue weighted by atomic mass is 35.5. The van der Waals surface area contributed by atoms with Gasteiger partial charge in [-0.3, -0.25) is 9.52 Å². The molecule has 0 aliphatic heterocycles. The van der Waals surface area contributed by atoms with E-state index in [1.54, 1.807) is 18.2 Å². The number of ketones is 1. The Morgan fingerprint density at radius 1 is 1.12 bits per heavy atom. The number of rotatable bonds is 9. The molecule has 0 amide bonds. The van der Waals surface area contributed by atoms with Crippen LogP contribution in [0.1, 0.15) is 36.8 Å². The summed E-state index contributed by atoms with van der Waals surface area (Å²) in [6.07, 6.45) is 2.70. The van der Waals surface area contributed by atoms with Crippen LogP contribution in [-0.4, -0.2) is 41.6 Å². The maximum absolute atomic E-state index is 13.0. The van der Waals surface area contributed by atoms with Gasteiger partial charge in [-0.2, -0.15) is 0 Å². The molecule has 0 spiro atoms. The molecule has 10 heteroatoms. The largest absolute Gasteiger partial charge is 0.581 e. The Labute approximate surface area is 191 Å². The Bertz CT molecular complexity index is 1200. The Morgan fingerprint density at radius 3 is 2.44 bits per heavy atom. The van der Waals surface area contributed by atoms with E-state index in [1.165, 1.54) is 36.7 Å². The third-order valence-electron chi connectivity index (χ3n) is 4.16. The zero-order valence-corrected chi connectivity index (χ0v) is 19.3. The zero-order valence-electron chi connectivity index (χ0n) is 17.7. The summed E-state index contributed by atoms with van der Waals surface area (Å²) in [4.78, 5) is 21.1. The average molecular weight is 477 g/mol. The lowest BCUT2D eigenvalue weighted by molar-refractivity contribution is 0.0106. The van der Waals surface area contributed by atoms with Crippen LogP contribution in [0.3, 0.4) is 0 Å². The molecule has 8 nitrogen and oxygen atoms in total. The smallest absolute Gasteiger partial charge is 0.261 e. The van der Waals surface area contributed by atoms with Gasteiger partial charge in [0.2, 0.25) is 11.7 Å². The van der Waals surface area contributed by atoms with Crippen molar-refractivity contribution in [3.8, 4) is 11.6 Å². The Morgan fingerprint density at radius 2 is 1.84 bits per heavy atom. The second-order valence-electron chi connectivity index (χ2n) is 7.02. The third-order valence-corrected chi connectivity index (χ3v) is 5.75. The first kappa shape index (κ1) is 23.5. The minimum Gasteiger partial charge on any atom is -0.581 e. The molecule has 0 aliphatic carbocycles. The third kappa shape index (κ3) is 5.74. The molecule has 32 heavy (non-hydrogen) atoms. The summed E-state index contributed by atoms with van der Waals surface area (Å²) >= 11 is 6.02. The minimum absolute atomic E-state index is 0.0151. The first-order valence-corrected chi connectivity index (χ1v) is 11.7. The van der Waals surface area contributed by atoms with Crippen molar-refractivity contribution in [2.45, 2.75) is 31.8 Å². The molecule has 0 fully saturated rings. The van der Waals surface area contributed by atoms with Crippen molar-refractivity contribution in [2.75, 3.05) is 11.3 Å². The van der Waals surface area contributed by atoms with E-state index in [0.717, 1.165) is 0 Å². The van der Waals surface area contributed by atoms with E-state index in [4.69, 9.17) is 16.3 Å². The van der Waals surface area contributed by atoms with Crippen LogP contribution in [0.25, 0.3) is 0 Å². The molecule has 0 saturated carbocycles. The lowest BCUT2D eigenvalue weighted by atomic mass is 10.1. The Hall–Kier alpha value is -3.17. The van der Waals surface area contributed by atoms with Gasteiger partial charge in [-0.1, -0.05) is 11.6 Å². The number of carbonyl (C=O) groups is 1. The normalized spacial score (nSPS) is 11.3. The highest BCUT2D eigenvalue weighted by Crippen LogP contribution is 2.26. The van der Waals surface area contributed by atoms with Gasteiger partial charge in [0.1, 0.15) is 5.69 Å². The number of aromatic hydroxyl groups is 1.